The summed E-state index contributed by atoms with van der Waals surface area (Å²) in [6.07, 6.45) is 0.847. The van der Waals surface area contributed by atoms with Crippen LogP contribution in [0.15, 0.2) is 29.5 Å². The van der Waals surface area contributed by atoms with Crippen LogP contribution in [0.2, 0.25) is 10.0 Å². The summed E-state index contributed by atoms with van der Waals surface area (Å²) in [7, 11) is 1.67. The van der Waals surface area contributed by atoms with Gasteiger partial charge >= 0.3 is 6.03 Å². The molecule has 7 heteroatoms. The minimum Gasteiger partial charge on any atom is -0.330 e. The van der Waals surface area contributed by atoms with Crippen molar-refractivity contribution in [1.82, 2.24) is 15.1 Å². The molecule has 2 heterocycles. The molecule has 0 spiro atoms. The molecule has 5 nitrogen and oxygen atoms in total. The smallest absolute Gasteiger partial charge is 0.322 e. The molecule has 0 radical (unpaired) electrons. The molecule has 2 unspecified atom stereocenters. The van der Waals surface area contributed by atoms with E-state index in [0.717, 1.165) is 12.1 Å². The zero-order chi connectivity index (χ0) is 17.6. The van der Waals surface area contributed by atoms with E-state index in [0.29, 0.717) is 27.7 Å². The monoisotopic (exact) mass is 367 g/mol. The molecule has 0 aromatic heterocycles. The van der Waals surface area contributed by atoms with E-state index < -0.39 is 6.04 Å². The van der Waals surface area contributed by atoms with E-state index in [1.54, 1.807) is 30.1 Å². The maximum absolute atomic E-state index is 13.0. The Balaban J connectivity index is 2.09. The van der Waals surface area contributed by atoms with Crippen molar-refractivity contribution in [3.05, 3.63) is 45.1 Å². The van der Waals surface area contributed by atoms with Crippen molar-refractivity contribution in [1.29, 1.82) is 0 Å². The number of rotatable bonds is 3. The third kappa shape index (κ3) is 2.56. The number of halogens is 2. The second-order valence-corrected chi connectivity index (χ2v) is 6.92. The highest BCUT2D eigenvalue weighted by Crippen LogP contribution is 2.40. The summed E-state index contributed by atoms with van der Waals surface area (Å²) < 4.78 is 0. The molecular weight excluding hydrogens is 349 g/mol. The van der Waals surface area contributed by atoms with Gasteiger partial charge in [-0.25, -0.2) is 4.79 Å². The fraction of sp³-hybridized carbons (Fsp3) is 0.412. The van der Waals surface area contributed by atoms with Crippen molar-refractivity contribution in [2.24, 2.45) is 0 Å². The molecule has 3 amide bonds. The third-order valence-corrected chi connectivity index (χ3v) is 5.64. The van der Waals surface area contributed by atoms with Crippen LogP contribution in [0.25, 0.3) is 0 Å². The van der Waals surface area contributed by atoms with Gasteiger partial charge in [-0.05, 0) is 25.0 Å². The zero-order valence-corrected chi connectivity index (χ0v) is 15.3. The number of carbonyl (C=O) groups excluding carboxylic acids is 2. The van der Waals surface area contributed by atoms with E-state index in [4.69, 9.17) is 23.2 Å². The molecule has 0 saturated carbocycles. The van der Waals surface area contributed by atoms with Crippen LogP contribution < -0.4 is 5.32 Å². The van der Waals surface area contributed by atoms with Crippen LogP contribution in [0.5, 0.6) is 0 Å². The standard InChI is InChI=1S/C17H19Cl2N3O2/c1-4-9(2)22-8-12-13(16(22)23)15(20-17(24)21(12)3)10-6-5-7-11(18)14(10)19/h5-7,9,15H,4,8H2,1-3H3,(H,20,24). The van der Waals surface area contributed by atoms with Crippen molar-refractivity contribution >= 4 is 35.1 Å². The fourth-order valence-corrected chi connectivity index (χ4v) is 3.56. The van der Waals surface area contributed by atoms with Gasteiger partial charge in [0.1, 0.15) is 0 Å². The second kappa shape index (κ2) is 6.30. The van der Waals surface area contributed by atoms with E-state index >= 15 is 0 Å². The highest BCUT2D eigenvalue weighted by Gasteiger charge is 2.44. The SMILES string of the molecule is CCC(C)N1CC2=C(C1=O)C(c1cccc(Cl)c1Cl)NC(=O)N2C. The molecule has 0 saturated heterocycles. The summed E-state index contributed by atoms with van der Waals surface area (Å²) in [5.41, 5.74) is 1.93. The van der Waals surface area contributed by atoms with Gasteiger partial charge in [0.05, 0.1) is 33.9 Å². The molecule has 1 aromatic rings. The number of hydrogen-bond acceptors (Lipinski definition) is 2. The number of benzene rings is 1. The fourth-order valence-electron chi connectivity index (χ4n) is 3.14. The first-order valence-electron chi connectivity index (χ1n) is 7.88. The minimum absolute atomic E-state index is 0.0627. The molecule has 2 aliphatic rings. The normalized spacial score (nSPS) is 22.0. The Morgan fingerprint density at radius 1 is 1.33 bits per heavy atom. The number of nitrogens with zero attached hydrogens (tertiary/aromatic N) is 2. The quantitative estimate of drug-likeness (QED) is 0.887. The van der Waals surface area contributed by atoms with Crippen molar-refractivity contribution in [3.63, 3.8) is 0 Å². The lowest BCUT2D eigenvalue weighted by Crippen LogP contribution is -2.45. The minimum atomic E-state index is -0.587. The lowest BCUT2D eigenvalue weighted by molar-refractivity contribution is -0.127. The van der Waals surface area contributed by atoms with Crippen LogP contribution in [0, 0.1) is 0 Å². The molecule has 1 N–H and O–H groups in total. The van der Waals surface area contributed by atoms with Gasteiger partial charge in [-0.1, -0.05) is 42.3 Å². The van der Waals surface area contributed by atoms with Gasteiger partial charge in [-0.2, -0.15) is 0 Å². The molecular formula is C17H19Cl2N3O2. The average molecular weight is 368 g/mol. The maximum atomic E-state index is 13.0. The molecule has 3 rings (SSSR count). The summed E-state index contributed by atoms with van der Waals surface area (Å²) in [5, 5.41) is 3.62. The predicted octanol–water partition coefficient (Wildman–Crippen LogP) is 3.58. The Morgan fingerprint density at radius 2 is 2.04 bits per heavy atom. The van der Waals surface area contributed by atoms with Gasteiger partial charge in [0.15, 0.2) is 0 Å². The predicted molar refractivity (Wildman–Crippen MR) is 94.0 cm³/mol. The molecule has 2 atom stereocenters. The van der Waals surface area contributed by atoms with Crippen molar-refractivity contribution in [2.75, 3.05) is 13.6 Å². The molecule has 0 fully saturated rings. The summed E-state index contributed by atoms with van der Waals surface area (Å²) in [5.74, 6) is -0.0627. The zero-order valence-electron chi connectivity index (χ0n) is 13.8. The Bertz CT molecular complexity index is 747. The first-order valence-corrected chi connectivity index (χ1v) is 8.64. The number of nitrogens with one attached hydrogen (secondary N) is 1. The lowest BCUT2D eigenvalue weighted by Gasteiger charge is -2.31. The summed E-state index contributed by atoms with van der Waals surface area (Å²) >= 11 is 12.4. The maximum Gasteiger partial charge on any atom is 0.322 e. The van der Waals surface area contributed by atoms with Gasteiger partial charge in [-0.15, -0.1) is 0 Å². The summed E-state index contributed by atoms with van der Waals surface area (Å²) in [6, 6.07) is 4.49. The number of carbonyl (C=O) groups is 2. The van der Waals surface area contributed by atoms with Gasteiger partial charge in [0.2, 0.25) is 0 Å². The summed E-state index contributed by atoms with van der Waals surface area (Å²) in [4.78, 5) is 28.6. The molecule has 0 bridgehead atoms. The molecule has 128 valence electrons. The van der Waals surface area contributed by atoms with Crippen molar-refractivity contribution < 1.29 is 9.59 Å². The van der Waals surface area contributed by atoms with Crippen LogP contribution in [0.3, 0.4) is 0 Å². The molecule has 2 aliphatic heterocycles. The van der Waals surface area contributed by atoms with E-state index in [-0.39, 0.29) is 18.0 Å². The largest absolute Gasteiger partial charge is 0.330 e. The van der Waals surface area contributed by atoms with Crippen molar-refractivity contribution in [3.8, 4) is 0 Å². The van der Waals surface area contributed by atoms with Crippen molar-refractivity contribution in [2.45, 2.75) is 32.4 Å². The second-order valence-electron chi connectivity index (χ2n) is 6.14. The first-order chi connectivity index (χ1) is 11.4. The van der Waals surface area contributed by atoms with Gasteiger partial charge < -0.3 is 10.2 Å². The van der Waals surface area contributed by atoms with Gasteiger partial charge in [-0.3, -0.25) is 9.69 Å². The molecule has 1 aromatic carbocycles. The van der Waals surface area contributed by atoms with E-state index in [1.807, 2.05) is 13.8 Å². The lowest BCUT2D eigenvalue weighted by atomic mass is 9.95. The van der Waals surface area contributed by atoms with Crippen LogP contribution in [-0.4, -0.2) is 41.4 Å². The number of urea groups is 1. The Kier molecular flexibility index (Phi) is 4.49. The Hall–Kier alpha value is -1.72. The van der Waals surface area contributed by atoms with Crippen LogP contribution in [0.1, 0.15) is 31.9 Å². The first kappa shape index (κ1) is 17.1. The topological polar surface area (TPSA) is 52.7 Å². The molecule has 0 aliphatic carbocycles. The van der Waals surface area contributed by atoms with Crippen LogP contribution in [0.4, 0.5) is 4.79 Å². The third-order valence-electron chi connectivity index (χ3n) is 4.80. The number of hydrogen-bond donors (Lipinski definition) is 1. The highest BCUT2D eigenvalue weighted by atomic mass is 35.5. The van der Waals surface area contributed by atoms with Crippen LogP contribution in [-0.2, 0) is 4.79 Å². The average Bonchev–Trinajstić information content (AvgIpc) is 2.91. The van der Waals surface area contributed by atoms with Gasteiger partial charge in [0, 0.05) is 13.1 Å². The number of amides is 3. The van der Waals surface area contributed by atoms with Crippen LogP contribution >= 0.6 is 23.2 Å². The van der Waals surface area contributed by atoms with E-state index in [9.17, 15) is 9.59 Å². The summed E-state index contributed by atoms with van der Waals surface area (Å²) in [6.45, 7) is 4.47. The number of likely N-dealkylation sites (N-methyl/N-ethyl adjacent to an activating group) is 1. The van der Waals surface area contributed by atoms with E-state index in [2.05, 4.69) is 5.32 Å². The van der Waals surface area contributed by atoms with E-state index in [1.165, 1.54) is 4.90 Å². The Morgan fingerprint density at radius 3 is 2.71 bits per heavy atom. The Labute approximate surface area is 151 Å². The molecule has 24 heavy (non-hydrogen) atoms. The highest BCUT2D eigenvalue weighted by molar-refractivity contribution is 6.42. The van der Waals surface area contributed by atoms with Gasteiger partial charge in [0.25, 0.3) is 5.91 Å².